The van der Waals surface area contributed by atoms with E-state index in [-0.39, 0.29) is 0 Å². The van der Waals surface area contributed by atoms with Crippen LogP contribution in [0.25, 0.3) is 38.9 Å². The Labute approximate surface area is 174 Å². The molecule has 0 spiro atoms. The molecule has 0 N–H and O–H groups in total. The van der Waals surface area contributed by atoms with Gasteiger partial charge in [0.1, 0.15) is 24.5 Å². The van der Waals surface area contributed by atoms with Crippen LogP contribution < -0.4 is 4.74 Å². The number of pyridine rings is 1. The predicted molar refractivity (Wildman–Crippen MR) is 119 cm³/mol. The fourth-order valence-electron chi connectivity index (χ4n) is 3.63. The number of hydrogen-bond donors (Lipinski definition) is 0. The molecule has 5 heteroatoms. The highest BCUT2D eigenvalue weighted by Crippen LogP contribution is 2.29. The topological polar surface area (TPSA) is 49.2 Å². The highest BCUT2D eigenvalue weighted by Gasteiger charge is 2.10. The summed E-state index contributed by atoms with van der Waals surface area (Å²) < 4.78 is 12.7. The van der Waals surface area contributed by atoms with Crippen LogP contribution in [0.15, 0.2) is 85.2 Å². The summed E-state index contributed by atoms with van der Waals surface area (Å²) in [5.74, 6) is 1.61. The Bertz CT molecular complexity index is 1310. The van der Waals surface area contributed by atoms with Crippen LogP contribution in [-0.2, 0) is 4.74 Å². The van der Waals surface area contributed by atoms with Gasteiger partial charge < -0.3 is 9.47 Å². The lowest BCUT2D eigenvalue weighted by molar-refractivity contribution is 0.146. The number of hydrogen-bond acceptors (Lipinski definition) is 4. The summed E-state index contributed by atoms with van der Waals surface area (Å²) in [4.78, 5) is 9.56. The van der Waals surface area contributed by atoms with Crippen LogP contribution in [0.3, 0.4) is 0 Å². The van der Waals surface area contributed by atoms with Gasteiger partial charge in [0, 0.05) is 24.1 Å². The SMILES string of the molecule is COCCOc1ccc2c(c1)ncn2-c1ccc2cccc(-c3ccccc3)c2n1. The van der Waals surface area contributed by atoms with E-state index in [9.17, 15) is 0 Å². The van der Waals surface area contributed by atoms with Gasteiger partial charge in [-0.15, -0.1) is 0 Å². The zero-order valence-corrected chi connectivity index (χ0v) is 16.7. The average Bonchev–Trinajstić information content (AvgIpc) is 3.22. The quantitative estimate of drug-likeness (QED) is 0.368. The standard InChI is InChI=1S/C25H21N3O2/c1-29-14-15-30-20-11-12-23-22(16-20)26-17-28(23)24-13-10-19-8-5-9-21(25(19)27-24)18-6-3-2-4-7-18/h2-13,16-17H,14-15H2,1H3. The van der Waals surface area contributed by atoms with Gasteiger partial charge in [0.25, 0.3) is 0 Å². The lowest BCUT2D eigenvalue weighted by atomic mass is 10.0. The molecule has 0 saturated carbocycles. The summed E-state index contributed by atoms with van der Waals surface area (Å²) >= 11 is 0. The maximum Gasteiger partial charge on any atom is 0.139 e. The Morgan fingerprint density at radius 3 is 2.63 bits per heavy atom. The Morgan fingerprint density at radius 2 is 1.77 bits per heavy atom. The minimum absolute atomic E-state index is 0.511. The molecule has 0 atom stereocenters. The molecule has 0 aliphatic rings. The molecule has 0 saturated heterocycles. The minimum Gasteiger partial charge on any atom is -0.491 e. The molecule has 5 aromatic rings. The van der Waals surface area contributed by atoms with Crippen LogP contribution in [0.2, 0.25) is 0 Å². The van der Waals surface area contributed by atoms with E-state index in [2.05, 4.69) is 41.4 Å². The molecular weight excluding hydrogens is 374 g/mol. The van der Waals surface area contributed by atoms with Crippen molar-refractivity contribution in [2.24, 2.45) is 0 Å². The molecule has 30 heavy (non-hydrogen) atoms. The first-order valence-corrected chi connectivity index (χ1v) is 9.88. The van der Waals surface area contributed by atoms with Gasteiger partial charge >= 0.3 is 0 Å². The largest absolute Gasteiger partial charge is 0.491 e. The first kappa shape index (κ1) is 18.3. The smallest absolute Gasteiger partial charge is 0.139 e. The minimum atomic E-state index is 0.511. The van der Waals surface area contributed by atoms with Crippen molar-refractivity contribution in [1.29, 1.82) is 0 Å². The van der Waals surface area contributed by atoms with E-state index in [1.54, 1.807) is 7.11 Å². The lowest BCUT2D eigenvalue weighted by Crippen LogP contribution is -2.04. The van der Waals surface area contributed by atoms with Crippen molar-refractivity contribution in [2.45, 2.75) is 0 Å². The van der Waals surface area contributed by atoms with Crippen molar-refractivity contribution in [3.05, 3.63) is 85.2 Å². The van der Waals surface area contributed by atoms with E-state index < -0.39 is 0 Å². The van der Waals surface area contributed by atoms with Crippen molar-refractivity contribution in [3.8, 4) is 22.7 Å². The monoisotopic (exact) mass is 395 g/mol. The molecule has 0 amide bonds. The van der Waals surface area contributed by atoms with Gasteiger partial charge in [0.05, 0.1) is 23.2 Å². The first-order valence-electron chi connectivity index (χ1n) is 9.88. The van der Waals surface area contributed by atoms with Crippen LogP contribution in [0.1, 0.15) is 0 Å². The summed E-state index contributed by atoms with van der Waals surface area (Å²) in [6.07, 6.45) is 1.81. The van der Waals surface area contributed by atoms with Crippen molar-refractivity contribution in [2.75, 3.05) is 20.3 Å². The first-order chi connectivity index (χ1) is 14.8. The number of imidazole rings is 1. The summed E-state index contributed by atoms with van der Waals surface area (Å²) in [5, 5.41) is 1.11. The molecule has 3 aromatic carbocycles. The van der Waals surface area contributed by atoms with Crippen molar-refractivity contribution in [3.63, 3.8) is 0 Å². The molecular formula is C25H21N3O2. The highest BCUT2D eigenvalue weighted by molar-refractivity contribution is 5.94. The van der Waals surface area contributed by atoms with E-state index >= 15 is 0 Å². The van der Waals surface area contributed by atoms with Gasteiger partial charge in [-0.3, -0.25) is 4.57 Å². The average molecular weight is 395 g/mol. The highest BCUT2D eigenvalue weighted by atomic mass is 16.5. The third kappa shape index (κ3) is 3.40. The Kier molecular flexibility index (Phi) is 4.87. The molecule has 0 aliphatic heterocycles. The van der Waals surface area contributed by atoms with Crippen LogP contribution in [0.4, 0.5) is 0 Å². The molecule has 2 heterocycles. The number of rotatable bonds is 6. The van der Waals surface area contributed by atoms with E-state index in [0.29, 0.717) is 13.2 Å². The Balaban J connectivity index is 1.57. The molecule has 0 fully saturated rings. The molecule has 2 aromatic heterocycles. The number of methoxy groups -OCH3 is 1. The second kappa shape index (κ2) is 7.97. The lowest BCUT2D eigenvalue weighted by Gasteiger charge is -2.10. The van der Waals surface area contributed by atoms with E-state index in [4.69, 9.17) is 14.5 Å². The molecule has 5 rings (SSSR count). The fraction of sp³-hybridized carbons (Fsp3) is 0.120. The fourth-order valence-corrected chi connectivity index (χ4v) is 3.63. The van der Waals surface area contributed by atoms with E-state index in [0.717, 1.165) is 44.6 Å². The van der Waals surface area contributed by atoms with Gasteiger partial charge in [-0.2, -0.15) is 0 Å². The molecule has 0 radical (unpaired) electrons. The second-order valence-electron chi connectivity index (χ2n) is 7.02. The number of fused-ring (bicyclic) bond motifs is 2. The molecule has 0 unspecified atom stereocenters. The summed E-state index contributed by atoms with van der Waals surface area (Å²) in [6.45, 7) is 1.06. The zero-order chi connectivity index (χ0) is 20.3. The van der Waals surface area contributed by atoms with Gasteiger partial charge in [-0.25, -0.2) is 9.97 Å². The Hall–Kier alpha value is -3.70. The normalized spacial score (nSPS) is 11.2. The number of aromatic nitrogens is 3. The molecule has 0 bridgehead atoms. The van der Waals surface area contributed by atoms with Gasteiger partial charge in [0.2, 0.25) is 0 Å². The zero-order valence-electron chi connectivity index (χ0n) is 16.7. The van der Waals surface area contributed by atoms with Gasteiger partial charge in [0.15, 0.2) is 0 Å². The van der Waals surface area contributed by atoms with E-state index in [1.807, 2.05) is 53.4 Å². The maximum absolute atomic E-state index is 5.70. The van der Waals surface area contributed by atoms with Crippen molar-refractivity contribution < 1.29 is 9.47 Å². The third-order valence-electron chi connectivity index (χ3n) is 5.11. The van der Waals surface area contributed by atoms with Crippen molar-refractivity contribution >= 4 is 21.9 Å². The van der Waals surface area contributed by atoms with E-state index in [1.165, 1.54) is 0 Å². The van der Waals surface area contributed by atoms with Crippen LogP contribution in [-0.4, -0.2) is 34.9 Å². The molecule has 148 valence electrons. The van der Waals surface area contributed by atoms with Crippen molar-refractivity contribution in [1.82, 2.24) is 14.5 Å². The van der Waals surface area contributed by atoms with Crippen LogP contribution in [0.5, 0.6) is 5.75 Å². The van der Waals surface area contributed by atoms with Gasteiger partial charge in [-0.05, 0) is 29.8 Å². The van der Waals surface area contributed by atoms with Crippen LogP contribution in [0, 0.1) is 0 Å². The molecule has 5 nitrogen and oxygen atoms in total. The predicted octanol–water partition coefficient (Wildman–Crippen LogP) is 5.27. The molecule has 0 aliphatic carbocycles. The Morgan fingerprint density at radius 1 is 0.867 bits per heavy atom. The number of nitrogens with zero attached hydrogens (tertiary/aromatic N) is 3. The number of para-hydroxylation sites is 1. The second-order valence-corrected chi connectivity index (χ2v) is 7.02. The number of ether oxygens (including phenoxy) is 2. The summed E-state index contributed by atoms with van der Waals surface area (Å²) in [5.41, 5.74) is 5.10. The summed E-state index contributed by atoms with van der Waals surface area (Å²) in [7, 11) is 1.66. The van der Waals surface area contributed by atoms with Crippen LogP contribution >= 0.6 is 0 Å². The van der Waals surface area contributed by atoms with Gasteiger partial charge in [-0.1, -0.05) is 48.5 Å². The summed E-state index contributed by atoms with van der Waals surface area (Å²) in [6, 6.07) is 26.7. The third-order valence-corrected chi connectivity index (χ3v) is 5.11. The number of benzene rings is 3. The maximum atomic E-state index is 5.70.